The van der Waals surface area contributed by atoms with Gasteiger partial charge in [0.1, 0.15) is 0 Å². The van der Waals surface area contributed by atoms with Gasteiger partial charge in [-0.25, -0.2) is 9.97 Å². The maximum atomic E-state index is 11.8. The molecule has 1 rings (SSSR count). The van der Waals surface area contributed by atoms with Gasteiger partial charge in [0.05, 0.1) is 0 Å². The number of carbonyl (C=O) groups is 1. The average molecular weight is 266 g/mol. The summed E-state index contributed by atoms with van der Waals surface area (Å²) in [5.41, 5.74) is 8.11. The molecule has 0 saturated heterocycles. The van der Waals surface area contributed by atoms with Crippen molar-refractivity contribution in [3.8, 4) is 0 Å². The minimum atomic E-state index is -0.481. The van der Waals surface area contributed by atoms with Gasteiger partial charge in [0.2, 0.25) is 0 Å². The number of hydrogen-bond acceptors (Lipinski definition) is 5. The highest BCUT2D eigenvalue weighted by Crippen LogP contribution is 2.02. The van der Waals surface area contributed by atoms with Crippen LogP contribution in [0.2, 0.25) is 0 Å². The number of rotatable bonds is 3. The lowest BCUT2D eigenvalue weighted by Crippen LogP contribution is -2.48. The third kappa shape index (κ3) is 3.67. The fourth-order valence-electron chi connectivity index (χ4n) is 1.06. The Kier molecular flexibility index (Phi) is 5.00. The minimum Gasteiger partial charge on any atom is -0.382 e. The molecule has 0 saturated carbocycles. The van der Waals surface area contributed by atoms with Crippen molar-refractivity contribution >= 4 is 29.1 Å². The monoisotopic (exact) mass is 266 g/mol. The van der Waals surface area contributed by atoms with Crippen molar-refractivity contribution in [2.75, 3.05) is 19.3 Å². The Morgan fingerprint density at radius 1 is 1.61 bits per heavy atom. The van der Waals surface area contributed by atoms with Crippen molar-refractivity contribution in [1.82, 2.24) is 25.7 Å². The molecule has 0 aliphatic heterocycles. The van der Waals surface area contributed by atoms with Crippen LogP contribution in [0.4, 0.5) is 5.82 Å². The Bertz CT molecular complexity index is 463. The van der Waals surface area contributed by atoms with Gasteiger partial charge in [0.15, 0.2) is 16.6 Å². The zero-order valence-electron chi connectivity index (χ0n) is 9.88. The Hall–Kier alpha value is -2.22. The molecule has 1 aromatic rings. The van der Waals surface area contributed by atoms with E-state index in [0.717, 1.165) is 0 Å². The molecule has 8 heteroatoms. The Labute approximate surface area is 110 Å². The normalized spacial score (nSPS) is 9.39. The molecule has 1 heterocycles. The first-order chi connectivity index (χ1) is 8.56. The van der Waals surface area contributed by atoms with E-state index in [1.165, 1.54) is 17.4 Å². The molecule has 0 bridgehead atoms. The molecule has 7 nitrogen and oxygen atoms in total. The minimum absolute atomic E-state index is 0.0517. The Morgan fingerprint density at radius 3 is 2.89 bits per heavy atom. The van der Waals surface area contributed by atoms with E-state index in [1.54, 1.807) is 13.1 Å². The van der Waals surface area contributed by atoms with E-state index in [0.29, 0.717) is 11.7 Å². The third-order valence-electron chi connectivity index (χ3n) is 1.91. The quantitative estimate of drug-likeness (QED) is 0.392. The van der Waals surface area contributed by atoms with Crippen molar-refractivity contribution in [1.29, 1.82) is 0 Å². The Morgan fingerprint density at radius 2 is 2.28 bits per heavy atom. The zero-order chi connectivity index (χ0) is 13.5. The standard InChI is InChI=1S/C10H14N6OS/c1-3-4-14-10(18)16(2)15-9(17)7-8(11)13-6-5-12-7/h3,5-6H,1,4H2,2H3,(H2,11,13)(H,14,18)(H,15,17). The van der Waals surface area contributed by atoms with Crippen LogP contribution in [0, 0.1) is 0 Å². The molecule has 0 aliphatic carbocycles. The van der Waals surface area contributed by atoms with E-state index in [4.69, 9.17) is 18.0 Å². The summed E-state index contributed by atoms with van der Waals surface area (Å²) in [5, 5.41) is 4.57. The largest absolute Gasteiger partial charge is 0.382 e. The fraction of sp³-hybridized carbons (Fsp3) is 0.200. The summed E-state index contributed by atoms with van der Waals surface area (Å²) >= 11 is 5.03. The van der Waals surface area contributed by atoms with Gasteiger partial charge in [-0.2, -0.15) is 0 Å². The smallest absolute Gasteiger partial charge is 0.292 e. The van der Waals surface area contributed by atoms with Crippen LogP contribution in [0.3, 0.4) is 0 Å². The van der Waals surface area contributed by atoms with E-state index in [-0.39, 0.29) is 11.5 Å². The van der Waals surface area contributed by atoms with Gasteiger partial charge in [0, 0.05) is 26.0 Å². The highest BCUT2D eigenvalue weighted by molar-refractivity contribution is 7.80. The molecule has 1 amide bonds. The predicted molar refractivity (Wildman–Crippen MR) is 72.5 cm³/mol. The first-order valence-electron chi connectivity index (χ1n) is 5.06. The molecule has 4 N–H and O–H groups in total. The summed E-state index contributed by atoms with van der Waals surface area (Å²) in [7, 11) is 1.60. The number of nitrogens with zero attached hydrogens (tertiary/aromatic N) is 3. The van der Waals surface area contributed by atoms with Crippen LogP contribution in [0.25, 0.3) is 0 Å². The number of amides is 1. The summed E-state index contributed by atoms with van der Waals surface area (Å²) in [6.45, 7) is 4.06. The van der Waals surface area contributed by atoms with E-state index >= 15 is 0 Å². The van der Waals surface area contributed by atoms with Crippen molar-refractivity contribution in [3.63, 3.8) is 0 Å². The van der Waals surface area contributed by atoms with Crippen molar-refractivity contribution in [3.05, 3.63) is 30.7 Å². The van der Waals surface area contributed by atoms with Gasteiger partial charge in [0.25, 0.3) is 5.91 Å². The van der Waals surface area contributed by atoms with E-state index in [2.05, 4.69) is 27.3 Å². The van der Waals surface area contributed by atoms with Crippen LogP contribution in [0.1, 0.15) is 10.5 Å². The third-order valence-corrected chi connectivity index (χ3v) is 2.33. The van der Waals surface area contributed by atoms with Crippen LogP contribution >= 0.6 is 12.2 Å². The maximum Gasteiger partial charge on any atom is 0.292 e. The number of nitrogens with two attached hydrogens (primary N) is 1. The van der Waals surface area contributed by atoms with Crippen LogP contribution in [0.5, 0.6) is 0 Å². The molecule has 0 spiro atoms. The van der Waals surface area contributed by atoms with Crippen LogP contribution in [-0.4, -0.2) is 39.6 Å². The first kappa shape index (κ1) is 13.8. The molecule has 0 atom stereocenters. The van der Waals surface area contributed by atoms with Gasteiger partial charge in [-0.15, -0.1) is 6.58 Å². The van der Waals surface area contributed by atoms with Gasteiger partial charge in [-0.3, -0.25) is 15.2 Å². The lowest BCUT2D eigenvalue weighted by atomic mass is 10.4. The molecule has 0 aromatic carbocycles. The number of hydrogen-bond donors (Lipinski definition) is 3. The molecular weight excluding hydrogens is 252 g/mol. The number of nitrogens with one attached hydrogen (secondary N) is 2. The fourth-order valence-corrected chi connectivity index (χ4v) is 1.19. The van der Waals surface area contributed by atoms with E-state index in [9.17, 15) is 4.79 Å². The van der Waals surface area contributed by atoms with E-state index in [1.807, 2.05) is 0 Å². The summed E-state index contributed by atoms with van der Waals surface area (Å²) in [4.78, 5) is 19.4. The highest BCUT2D eigenvalue weighted by Gasteiger charge is 2.14. The molecule has 18 heavy (non-hydrogen) atoms. The number of thiocarbonyl (C=S) groups is 1. The SMILES string of the molecule is C=CCNC(=S)N(C)NC(=O)c1nccnc1N. The van der Waals surface area contributed by atoms with Gasteiger partial charge < -0.3 is 11.1 Å². The van der Waals surface area contributed by atoms with Crippen LogP contribution in [-0.2, 0) is 0 Å². The highest BCUT2D eigenvalue weighted by atomic mass is 32.1. The summed E-state index contributed by atoms with van der Waals surface area (Å²) in [5.74, 6) is -0.417. The van der Waals surface area contributed by atoms with Crippen LogP contribution in [0.15, 0.2) is 25.0 Å². The number of nitrogen functional groups attached to an aromatic ring is 1. The first-order valence-corrected chi connectivity index (χ1v) is 5.47. The summed E-state index contributed by atoms with van der Waals surface area (Å²) in [6.07, 6.45) is 4.45. The second kappa shape index (κ2) is 6.50. The lowest BCUT2D eigenvalue weighted by molar-refractivity contribution is 0.0882. The zero-order valence-corrected chi connectivity index (χ0v) is 10.7. The van der Waals surface area contributed by atoms with Crippen molar-refractivity contribution < 1.29 is 4.79 Å². The van der Waals surface area contributed by atoms with E-state index < -0.39 is 5.91 Å². The van der Waals surface area contributed by atoms with Crippen LogP contribution < -0.4 is 16.5 Å². The van der Waals surface area contributed by atoms with Crippen molar-refractivity contribution in [2.45, 2.75) is 0 Å². The molecule has 0 radical (unpaired) electrons. The van der Waals surface area contributed by atoms with Gasteiger partial charge in [-0.1, -0.05) is 6.08 Å². The number of anilines is 1. The van der Waals surface area contributed by atoms with Gasteiger partial charge in [-0.05, 0) is 12.2 Å². The van der Waals surface area contributed by atoms with Crippen molar-refractivity contribution in [2.24, 2.45) is 0 Å². The second-order valence-electron chi connectivity index (χ2n) is 3.26. The lowest BCUT2D eigenvalue weighted by Gasteiger charge is -2.21. The summed E-state index contributed by atoms with van der Waals surface area (Å²) < 4.78 is 0. The number of carbonyl (C=O) groups excluding carboxylic acids is 1. The maximum absolute atomic E-state index is 11.8. The second-order valence-corrected chi connectivity index (χ2v) is 3.65. The summed E-state index contributed by atoms with van der Waals surface area (Å²) in [6, 6.07) is 0. The molecule has 0 unspecified atom stereocenters. The number of hydrazine groups is 1. The molecule has 1 aromatic heterocycles. The average Bonchev–Trinajstić information content (AvgIpc) is 2.36. The predicted octanol–water partition coefficient (Wildman–Crippen LogP) is -0.304. The number of aromatic nitrogens is 2. The molecule has 96 valence electrons. The topological polar surface area (TPSA) is 96.2 Å². The molecule has 0 fully saturated rings. The van der Waals surface area contributed by atoms with Gasteiger partial charge >= 0.3 is 0 Å². The Balaban J connectivity index is 2.62. The molecule has 0 aliphatic rings. The molecular formula is C10H14N6OS.